The Morgan fingerprint density at radius 1 is 1.10 bits per heavy atom. The fourth-order valence-corrected chi connectivity index (χ4v) is 2.56. The van der Waals surface area contributed by atoms with Gasteiger partial charge < -0.3 is 4.28 Å². The van der Waals surface area contributed by atoms with E-state index >= 15 is 0 Å². The highest BCUT2D eigenvalue weighted by Crippen LogP contribution is 2.21. The van der Waals surface area contributed by atoms with Crippen molar-refractivity contribution in [2.75, 3.05) is 6.26 Å². The Hall–Kier alpha value is -1.94. The third-order valence-electron chi connectivity index (χ3n) is 3.02. The summed E-state index contributed by atoms with van der Waals surface area (Å²) in [7, 11) is 0. The molecule has 0 aliphatic heterocycles. The second-order valence-corrected chi connectivity index (χ2v) is 4.48. The minimum Gasteiger partial charge on any atom is -0.337 e. The molecule has 0 saturated carbocycles. The molecule has 0 radical (unpaired) electrons. The van der Waals surface area contributed by atoms with Gasteiger partial charge in [-0.3, -0.25) is 4.79 Å². The first-order valence-corrected chi connectivity index (χ1v) is 7.65. The fourth-order valence-electron chi connectivity index (χ4n) is 2.25. The van der Waals surface area contributed by atoms with Gasteiger partial charge in [-0.05, 0) is 11.5 Å². The molecule has 0 N–H and O–H groups in total. The SMILES string of the molecule is C=c1c2cccc3cccc(c(=O)n1OSC)c32.CC. The Morgan fingerprint density at radius 3 is 2.30 bits per heavy atom. The first kappa shape index (κ1) is 14.5. The average molecular weight is 287 g/mol. The third-order valence-corrected chi connectivity index (χ3v) is 3.32. The van der Waals surface area contributed by atoms with Crippen LogP contribution in [-0.2, 0) is 0 Å². The smallest absolute Gasteiger partial charge is 0.292 e. The molecule has 3 rings (SSSR count). The zero-order valence-corrected chi connectivity index (χ0v) is 12.7. The van der Waals surface area contributed by atoms with Crippen LogP contribution >= 0.6 is 12.0 Å². The van der Waals surface area contributed by atoms with Crippen LogP contribution in [0.1, 0.15) is 13.8 Å². The summed E-state index contributed by atoms with van der Waals surface area (Å²) in [5.41, 5.74) is -0.168. The maximum atomic E-state index is 12.3. The van der Waals surface area contributed by atoms with E-state index in [1.165, 1.54) is 4.73 Å². The highest BCUT2D eigenvalue weighted by Gasteiger charge is 2.10. The molecule has 104 valence electrons. The zero-order valence-electron chi connectivity index (χ0n) is 11.8. The highest BCUT2D eigenvalue weighted by atomic mass is 32.2. The van der Waals surface area contributed by atoms with Gasteiger partial charge in [0.2, 0.25) is 0 Å². The molecule has 20 heavy (non-hydrogen) atoms. The summed E-state index contributed by atoms with van der Waals surface area (Å²) in [5, 5.41) is 4.18. The van der Waals surface area contributed by atoms with Gasteiger partial charge in [0.15, 0.2) is 0 Å². The maximum absolute atomic E-state index is 12.3. The largest absolute Gasteiger partial charge is 0.337 e. The molecule has 0 unspecified atom stereocenters. The monoisotopic (exact) mass is 287 g/mol. The van der Waals surface area contributed by atoms with Crippen molar-refractivity contribution >= 4 is 40.2 Å². The van der Waals surface area contributed by atoms with Crippen molar-refractivity contribution in [1.82, 2.24) is 4.73 Å². The van der Waals surface area contributed by atoms with Crippen molar-refractivity contribution in [2.24, 2.45) is 0 Å². The van der Waals surface area contributed by atoms with E-state index in [4.69, 9.17) is 4.28 Å². The number of hydrogen-bond acceptors (Lipinski definition) is 3. The summed E-state index contributed by atoms with van der Waals surface area (Å²) in [6.07, 6.45) is 1.77. The number of benzene rings is 2. The molecule has 3 nitrogen and oxygen atoms in total. The molecule has 0 atom stereocenters. The number of hydrogen-bond donors (Lipinski definition) is 0. The van der Waals surface area contributed by atoms with E-state index in [-0.39, 0.29) is 5.56 Å². The van der Waals surface area contributed by atoms with Crippen LogP contribution in [0.2, 0.25) is 0 Å². The molecule has 0 spiro atoms. The second kappa shape index (κ2) is 6.01. The fraction of sp³-hybridized carbons (Fsp3) is 0.188. The Kier molecular flexibility index (Phi) is 4.35. The molecule has 0 saturated heterocycles. The van der Waals surface area contributed by atoms with Gasteiger partial charge in [0.25, 0.3) is 5.56 Å². The first-order valence-electron chi connectivity index (χ1n) is 6.50. The van der Waals surface area contributed by atoms with E-state index in [0.717, 1.165) is 28.2 Å². The highest BCUT2D eigenvalue weighted by molar-refractivity contribution is 7.94. The predicted octanol–water partition coefficient (Wildman–Crippen LogP) is 3.02. The first-order chi connectivity index (χ1) is 9.74. The molecule has 0 bridgehead atoms. The zero-order chi connectivity index (χ0) is 14.7. The van der Waals surface area contributed by atoms with Crippen molar-refractivity contribution in [3.8, 4) is 0 Å². The summed E-state index contributed by atoms with van der Waals surface area (Å²) in [6, 6.07) is 11.6. The summed E-state index contributed by atoms with van der Waals surface area (Å²) < 4.78 is 6.55. The van der Waals surface area contributed by atoms with Gasteiger partial charge in [0.05, 0.1) is 22.8 Å². The van der Waals surface area contributed by atoms with Crippen molar-refractivity contribution in [3.63, 3.8) is 0 Å². The van der Waals surface area contributed by atoms with Gasteiger partial charge in [0, 0.05) is 17.0 Å². The second-order valence-electron chi connectivity index (χ2n) is 4.00. The van der Waals surface area contributed by atoms with E-state index in [0.29, 0.717) is 10.7 Å². The van der Waals surface area contributed by atoms with Crippen LogP contribution in [0.5, 0.6) is 0 Å². The number of rotatable bonds is 2. The summed E-state index contributed by atoms with van der Waals surface area (Å²) in [4.78, 5) is 12.3. The Labute approximate surface area is 122 Å². The Bertz CT molecular complexity index is 776. The molecule has 4 heteroatoms. The molecule has 0 fully saturated rings. The maximum Gasteiger partial charge on any atom is 0.292 e. The lowest BCUT2D eigenvalue weighted by Gasteiger charge is -2.10. The van der Waals surface area contributed by atoms with Crippen LogP contribution in [0.3, 0.4) is 0 Å². The van der Waals surface area contributed by atoms with Gasteiger partial charge in [-0.25, -0.2) is 0 Å². The summed E-state index contributed by atoms with van der Waals surface area (Å²) >= 11 is 1.12. The van der Waals surface area contributed by atoms with E-state index in [1.54, 1.807) is 6.26 Å². The van der Waals surface area contributed by atoms with Crippen LogP contribution < -0.4 is 15.2 Å². The van der Waals surface area contributed by atoms with Crippen molar-refractivity contribution in [1.29, 1.82) is 0 Å². The number of nitrogens with zero attached hydrogens (tertiary/aromatic N) is 1. The minimum absolute atomic E-state index is 0.168. The van der Waals surface area contributed by atoms with Crippen LogP contribution in [0, 0.1) is 0 Å². The lowest BCUT2D eigenvalue weighted by atomic mass is 10.0. The van der Waals surface area contributed by atoms with Gasteiger partial charge in [0.1, 0.15) is 0 Å². The average Bonchev–Trinajstić information content (AvgIpc) is 2.51. The molecule has 1 heterocycles. The van der Waals surface area contributed by atoms with Crippen LogP contribution in [-0.4, -0.2) is 11.0 Å². The Morgan fingerprint density at radius 2 is 1.70 bits per heavy atom. The molecule has 3 aromatic rings. The molecule has 0 amide bonds. The van der Waals surface area contributed by atoms with Crippen LogP contribution in [0.25, 0.3) is 28.1 Å². The van der Waals surface area contributed by atoms with Crippen molar-refractivity contribution in [3.05, 3.63) is 52.1 Å². The van der Waals surface area contributed by atoms with Crippen molar-refractivity contribution < 1.29 is 4.28 Å². The standard InChI is InChI=1S/C14H11NO2S.C2H6/c1-9-11-7-3-5-10-6-4-8-12(13(10)11)14(16)15(9)17-18-2;1-2/h3-8H,1H2,2H3;1-2H3. The quantitative estimate of drug-likeness (QED) is 0.679. The Balaban J connectivity index is 0.000000704. The number of aromatic nitrogens is 1. The van der Waals surface area contributed by atoms with Crippen molar-refractivity contribution in [2.45, 2.75) is 13.8 Å². The minimum atomic E-state index is -0.168. The predicted molar refractivity (Wildman–Crippen MR) is 87.9 cm³/mol. The van der Waals surface area contributed by atoms with Gasteiger partial charge in [-0.2, -0.15) is 0 Å². The third kappa shape index (κ3) is 2.16. The normalized spacial score (nSPS) is 10.3. The van der Waals surface area contributed by atoms with Gasteiger partial charge >= 0.3 is 0 Å². The topological polar surface area (TPSA) is 31.2 Å². The van der Waals surface area contributed by atoms with Gasteiger partial charge in [-0.1, -0.05) is 50.8 Å². The van der Waals surface area contributed by atoms with E-state index in [9.17, 15) is 4.79 Å². The molecular weight excluding hydrogens is 270 g/mol. The van der Waals surface area contributed by atoms with Crippen LogP contribution in [0.15, 0.2) is 41.2 Å². The van der Waals surface area contributed by atoms with E-state index in [2.05, 4.69) is 6.58 Å². The van der Waals surface area contributed by atoms with E-state index < -0.39 is 0 Å². The number of pyridine rings is 1. The molecule has 1 aromatic heterocycles. The van der Waals surface area contributed by atoms with Crippen LogP contribution in [0.4, 0.5) is 0 Å². The van der Waals surface area contributed by atoms with E-state index in [1.807, 2.05) is 50.2 Å². The lowest BCUT2D eigenvalue weighted by Crippen LogP contribution is -2.35. The molecular formula is C16H17NO2S. The summed E-state index contributed by atoms with van der Waals surface area (Å²) in [6.45, 7) is 7.96. The molecule has 2 aromatic carbocycles. The summed E-state index contributed by atoms with van der Waals surface area (Å²) in [5.74, 6) is 0. The molecule has 0 aliphatic carbocycles. The van der Waals surface area contributed by atoms with Gasteiger partial charge in [-0.15, -0.1) is 4.73 Å². The molecule has 0 aliphatic rings. The lowest BCUT2D eigenvalue weighted by molar-refractivity contribution is 0.304.